The Morgan fingerprint density at radius 1 is 1.38 bits per heavy atom. The summed E-state index contributed by atoms with van der Waals surface area (Å²) in [6.45, 7) is 0.674. The first-order valence-electron chi connectivity index (χ1n) is 4.23. The molecular formula is C8H9BrF2N2. The van der Waals surface area contributed by atoms with Crippen molar-refractivity contribution in [3.8, 4) is 0 Å². The molecule has 1 aliphatic rings. The zero-order valence-corrected chi connectivity index (χ0v) is 8.52. The molecule has 2 heterocycles. The first-order chi connectivity index (χ1) is 6.20. The molecule has 72 valence electrons. The minimum atomic E-state index is -2.47. The van der Waals surface area contributed by atoms with Crippen molar-refractivity contribution in [3.63, 3.8) is 0 Å². The highest BCUT2D eigenvalue weighted by atomic mass is 79.9. The Balaban J connectivity index is 2.47. The van der Waals surface area contributed by atoms with Gasteiger partial charge in [0.05, 0.1) is 5.69 Å². The summed E-state index contributed by atoms with van der Waals surface area (Å²) in [6.07, 6.45) is 0.408. The van der Waals surface area contributed by atoms with Crippen LogP contribution in [0.2, 0.25) is 0 Å². The molecule has 0 aromatic carbocycles. The Hall–Kier alpha value is -0.450. The first kappa shape index (κ1) is 9.12. The van der Waals surface area contributed by atoms with Crippen LogP contribution in [0.25, 0.3) is 0 Å². The van der Waals surface area contributed by atoms with E-state index in [0.717, 1.165) is 25.0 Å². The smallest absolute Gasteiger partial charge is 0.295 e. The van der Waals surface area contributed by atoms with Gasteiger partial charge < -0.3 is 4.57 Å². The Morgan fingerprint density at radius 3 is 2.85 bits per heavy atom. The minimum Gasteiger partial charge on any atom is -0.326 e. The van der Waals surface area contributed by atoms with Crippen molar-refractivity contribution in [1.82, 2.24) is 9.55 Å². The van der Waals surface area contributed by atoms with Crippen LogP contribution in [0.1, 0.15) is 30.8 Å². The molecule has 1 aromatic rings. The topological polar surface area (TPSA) is 17.8 Å². The molecule has 13 heavy (non-hydrogen) atoms. The van der Waals surface area contributed by atoms with E-state index in [2.05, 4.69) is 20.9 Å². The van der Waals surface area contributed by atoms with Crippen molar-refractivity contribution in [2.75, 3.05) is 0 Å². The molecule has 0 atom stereocenters. The van der Waals surface area contributed by atoms with Crippen LogP contribution in [0.3, 0.4) is 0 Å². The van der Waals surface area contributed by atoms with Crippen molar-refractivity contribution >= 4 is 15.9 Å². The lowest BCUT2D eigenvalue weighted by atomic mass is 10.1. The molecule has 0 saturated carbocycles. The van der Waals surface area contributed by atoms with Crippen LogP contribution in [0.5, 0.6) is 0 Å². The Kier molecular flexibility index (Phi) is 2.36. The fourth-order valence-electron chi connectivity index (χ4n) is 1.69. The fraction of sp³-hybridized carbons (Fsp3) is 0.625. The molecule has 0 N–H and O–H groups in total. The van der Waals surface area contributed by atoms with Gasteiger partial charge in [-0.1, -0.05) is 0 Å². The van der Waals surface area contributed by atoms with Crippen LogP contribution in [-0.2, 0) is 13.0 Å². The van der Waals surface area contributed by atoms with Gasteiger partial charge in [-0.3, -0.25) is 0 Å². The summed E-state index contributed by atoms with van der Waals surface area (Å²) in [6, 6.07) is 0. The summed E-state index contributed by atoms with van der Waals surface area (Å²) in [5.41, 5.74) is 0.918. The third kappa shape index (κ3) is 1.49. The predicted octanol–water partition coefficient (Wildman–Crippen LogP) is 2.92. The molecule has 0 aliphatic carbocycles. The number of fused-ring (bicyclic) bond motifs is 1. The third-order valence-electron chi connectivity index (χ3n) is 2.29. The molecule has 0 amide bonds. The molecule has 0 radical (unpaired) electrons. The minimum absolute atomic E-state index is 0.0958. The molecule has 0 spiro atoms. The normalized spacial score (nSPS) is 16.3. The van der Waals surface area contributed by atoms with E-state index in [4.69, 9.17) is 0 Å². The highest BCUT2D eigenvalue weighted by molar-refractivity contribution is 9.10. The van der Waals surface area contributed by atoms with Gasteiger partial charge in [0, 0.05) is 6.54 Å². The second-order valence-electron chi connectivity index (χ2n) is 3.12. The number of alkyl halides is 2. The van der Waals surface area contributed by atoms with E-state index < -0.39 is 6.43 Å². The lowest BCUT2D eigenvalue weighted by molar-refractivity contribution is 0.134. The van der Waals surface area contributed by atoms with E-state index in [9.17, 15) is 8.78 Å². The molecule has 2 rings (SSSR count). The molecule has 5 heteroatoms. The van der Waals surface area contributed by atoms with Crippen LogP contribution in [0.4, 0.5) is 8.78 Å². The van der Waals surface area contributed by atoms with Crippen molar-refractivity contribution in [3.05, 3.63) is 16.1 Å². The highest BCUT2D eigenvalue weighted by Crippen LogP contribution is 2.29. The van der Waals surface area contributed by atoms with E-state index in [1.165, 1.54) is 0 Å². The van der Waals surface area contributed by atoms with Gasteiger partial charge in [0.15, 0.2) is 5.82 Å². The quantitative estimate of drug-likeness (QED) is 0.750. The lowest BCUT2D eigenvalue weighted by Crippen LogP contribution is -2.13. The number of nitrogens with zero attached hydrogens (tertiary/aromatic N) is 2. The molecule has 2 nitrogen and oxygen atoms in total. The standard InChI is InChI=1S/C8H9BrF2N2/c9-6-5-3-1-2-4-13(5)8(12-6)7(10)11/h7H,1-4H2. The molecule has 1 aliphatic heterocycles. The number of imidazole rings is 1. The third-order valence-corrected chi connectivity index (χ3v) is 2.93. The van der Waals surface area contributed by atoms with Crippen LogP contribution < -0.4 is 0 Å². The number of hydrogen-bond acceptors (Lipinski definition) is 1. The number of halogens is 3. The zero-order valence-electron chi connectivity index (χ0n) is 6.93. The summed E-state index contributed by atoms with van der Waals surface area (Å²) in [5, 5.41) is 0. The van der Waals surface area contributed by atoms with Crippen molar-refractivity contribution in [1.29, 1.82) is 0 Å². The molecule has 1 aromatic heterocycles. The van der Waals surface area contributed by atoms with Crippen molar-refractivity contribution in [2.45, 2.75) is 32.2 Å². The molecule has 0 unspecified atom stereocenters. The maximum Gasteiger partial charge on any atom is 0.295 e. The maximum atomic E-state index is 12.5. The fourth-order valence-corrected chi connectivity index (χ4v) is 2.29. The van der Waals surface area contributed by atoms with Gasteiger partial charge in [0.1, 0.15) is 4.60 Å². The van der Waals surface area contributed by atoms with Crippen LogP contribution in [-0.4, -0.2) is 9.55 Å². The largest absolute Gasteiger partial charge is 0.326 e. The Bertz CT molecular complexity index is 322. The summed E-state index contributed by atoms with van der Waals surface area (Å²) in [4.78, 5) is 3.82. The van der Waals surface area contributed by atoms with E-state index in [-0.39, 0.29) is 5.82 Å². The Morgan fingerprint density at radius 2 is 2.15 bits per heavy atom. The molecular weight excluding hydrogens is 242 g/mol. The monoisotopic (exact) mass is 250 g/mol. The van der Waals surface area contributed by atoms with Crippen LogP contribution in [0.15, 0.2) is 4.60 Å². The second-order valence-corrected chi connectivity index (χ2v) is 3.87. The van der Waals surface area contributed by atoms with Gasteiger partial charge >= 0.3 is 0 Å². The van der Waals surface area contributed by atoms with Gasteiger partial charge in [-0.2, -0.15) is 0 Å². The second kappa shape index (κ2) is 3.36. The van der Waals surface area contributed by atoms with Crippen LogP contribution >= 0.6 is 15.9 Å². The van der Waals surface area contributed by atoms with E-state index >= 15 is 0 Å². The Labute approximate surface area is 83.1 Å². The van der Waals surface area contributed by atoms with E-state index in [0.29, 0.717) is 11.1 Å². The van der Waals surface area contributed by atoms with E-state index in [1.54, 1.807) is 4.57 Å². The molecule has 0 saturated heterocycles. The SMILES string of the molecule is FC(F)c1nc(Br)c2n1CCCC2. The van der Waals surface area contributed by atoms with Gasteiger partial charge in [-0.25, -0.2) is 13.8 Å². The van der Waals surface area contributed by atoms with Gasteiger partial charge in [-0.15, -0.1) is 0 Å². The highest BCUT2D eigenvalue weighted by Gasteiger charge is 2.23. The van der Waals surface area contributed by atoms with Crippen LogP contribution in [0, 0.1) is 0 Å². The van der Waals surface area contributed by atoms with Gasteiger partial charge in [0.25, 0.3) is 6.43 Å². The molecule has 0 bridgehead atoms. The average molecular weight is 251 g/mol. The predicted molar refractivity (Wildman–Crippen MR) is 47.8 cm³/mol. The zero-order chi connectivity index (χ0) is 9.42. The first-order valence-corrected chi connectivity index (χ1v) is 5.02. The maximum absolute atomic E-state index is 12.5. The summed E-state index contributed by atoms with van der Waals surface area (Å²) < 4.78 is 27.2. The molecule has 0 fully saturated rings. The lowest BCUT2D eigenvalue weighted by Gasteiger charge is -2.16. The van der Waals surface area contributed by atoms with E-state index in [1.807, 2.05) is 0 Å². The number of aromatic nitrogens is 2. The van der Waals surface area contributed by atoms with Crippen molar-refractivity contribution < 1.29 is 8.78 Å². The summed E-state index contributed by atoms with van der Waals surface area (Å²) in [7, 11) is 0. The summed E-state index contributed by atoms with van der Waals surface area (Å²) >= 11 is 3.21. The van der Waals surface area contributed by atoms with Gasteiger partial charge in [-0.05, 0) is 35.2 Å². The summed E-state index contributed by atoms with van der Waals surface area (Å²) in [5.74, 6) is -0.0958. The number of rotatable bonds is 1. The average Bonchev–Trinajstić information content (AvgIpc) is 2.45. The number of hydrogen-bond donors (Lipinski definition) is 0. The van der Waals surface area contributed by atoms with Gasteiger partial charge in [0.2, 0.25) is 0 Å². The van der Waals surface area contributed by atoms with Crippen molar-refractivity contribution in [2.24, 2.45) is 0 Å².